The Labute approximate surface area is 346 Å². The number of methoxy groups -OCH3 is 1. The number of thiocarbonyl (C=S) groups is 1. The van der Waals surface area contributed by atoms with E-state index in [2.05, 4.69) is 26.3 Å². The molecule has 0 radical (unpaired) electrons. The summed E-state index contributed by atoms with van der Waals surface area (Å²) in [5.41, 5.74) is -0.737. The highest BCUT2D eigenvalue weighted by Gasteiger charge is 2.49. The normalized spacial score (nSPS) is 19.4. The topological polar surface area (TPSA) is 162 Å². The van der Waals surface area contributed by atoms with Crippen LogP contribution in [-0.4, -0.2) is 69.7 Å². The Morgan fingerprint density at radius 2 is 1.71 bits per heavy atom. The van der Waals surface area contributed by atoms with E-state index in [4.69, 9.17) is 17.0 Å². The first kappa shape index (κ1) is 44.8. The Morgan fingerprint density at radius 1 is 1.03 bits per heavy atom. The third-order valence-electron chi connectivity index (χ3n) is 11.7. The van der Waals surface area contributed by atoms with Crippen molar-refractivity contribution >= 4 is 52.2 Å². The molecule has 6 N–H and O–H groups in total. The fraction of sp³-hybridized carbons (Fsp3) is 0.465. The SMILES string of the molecule is CCC(C)[C@H](NC(=O)Cc1ccccc1F)C(=O)N[C@]1(C(=O)N[C@H](C(=S)Nc2ccc(OC)c(C(=O)O)c2)C(C)CC)CCc2[nH]c3c(c2C1)C(C)CC=C3C(F)(F)F. The van der Waals surface area contributed by atoms with Crippen molar-refractivity contribution in [3.8, 4) is 5.75 Å². The number of aromatic amines is 1. The number of amides is 3. The first-order valence-electron chi connectivity index (χ1n) is 19.7. The lowest BCUT2D eigenvalue weighted by Gasteiger charge is -2.40. The van der Waals surface area contributed by atoms with Crippen LogP contribution in [-0.2, 0) is 33.6 Å². The number of carboxylic acid groups (broad SMARTS) is 1. The van der Waals surface area contributed by atoms with E-state index >= 15 is 0 Å². The molecule has 2 aromatic carbocycles. The average molecular weight is 842 g/mol. The van der Waals surface area contributed by atoms with Crippen LogP contribution in [0.25, 0.3) is 5.57 Å². The van der Waals surface area contributed by atoms with Gasteiger partial charge in [0, 0.05) is 17.8 Å². The number of hydrogen-bond donors (Lipinski definition) is 6. The number of benzene rings is 2. The van der Waals surface area contributed by atoms with Gasteiger partial charge in [-0.05, 0) is 78.0 Å². The number of aromatic nitrogens is 1. The van der Waals surface area contributed by atoms with E-state index in [9.17, 15) is 41.8 Å². The van der Waals surface area contributed by atoms with Gasteiger partial charge in [-0.2, -0.15) is 13.2 Å². The second kappa shape index (κ2) is 18.3. The van der Waals surface area contributed by atoms with Crippen molar-refractivity contribution in [2.24, 2.45) is 11.8 Å². The van der Waals surface area contributed by atoms with Crippen LogP contribution < -0.4 is 26.0 Å². The summed E-state index contributed by atoms with van der Waals surface area (Å²) >= 11 is 5.82. The Hall–Kier alpha value is -5.25. The highest BCUT2D eigenvalue weighted by molar-refractivity contribution is 7.80. The Morgan fingerprint density at radius 3 is 2.34 bits per heavy atom. The predicted octanol–water partition coefficient (Wildman–Crippen LogP) is 7.40. The average Bonchev–Trinajstić information content (AvgIpc) is 3.57. The Balaban J connectivity index is 1.52. The van der Waals surface area contributed by atoms with Gasteiger partial charge in [-0.3, -0.25) is 14.4 Å². The first-order chi connectivity index (χ1) is 27.8. The van der Waals surface area contributed by atoms with Gasteiger partial charge in [0.05, 0.1) is 30.8 Å². The number of carbonyl (C=O) groups is 4. The van der Waals surface area contributed by atoms with Gasteiger partial charge >= 0.3 is 12.1 Å². The molecule has 0 aliphatic heterocycles. The summed E-state index contributed by atoms with van der Waals surface area (Å²) in [7, 11) is 1.34. The summed E-state index contributed by atoms with van der Waals surface area (Å²) in [5, 5.41) is 21.5. The lowest BCUT2D eigenvalue weighted by molar-refractivity contribution is -0.137. The molecule has 3 unspecified atom stereocenters. The molecule has 2 aliphatic carbocycles. The van der Waals surface area contributed by atoms with Gasteiger partial charge in [0.15, 0.2) is 0 Å². The van der Waals surface area contributed by atoms with Crippen molar-refractivity contribution in [2.45, 2.75) is 109 Å². The van der Waals surface area contributed by atoms with E-state index in [1.807, 2.05) is 27.7 Å². The molecule has 0 saturated heterocycles. The molecule has 0 saturated carbocycles. The molecule has 59 heavy (non-hydrogen) atoms. The van der Waals surface area contributed by atoms with Gasteiger partial charge in [0.1, 0.15) is 33.7 Å². The molecule has 11 nitrogen and oxygen atoms in total. The van der Waals surface area contributed by atoms with Crippen molar-refractivity contribution in [2.75, 3.05) is 12.4 Å². The highest BCUT2D eigenvalue weighted by Crippen LogP contribution is 2.47. The quantitative estimate of drug-likeness (QED) is 0.0682. The van der Waals surface area contributed by atoms with E-state index in [-0.39, 0.29) is 71.5 Å². The number of aryl methyl sites for hydroxylation is 1. The van der Waals surface area contributed by atoms with Crippen LogP contribution in [0.2, 0.25) is 0 Å². The standard InChI is InChI=1S/C43H51F4N5O6S/c1-7-22(3)35(50-33(53)19-25-11-9-10-12-30(25)44)38(54)52-42(18-17-31-28(21-42)34-24(5)13-15-29(37(34)49-31)43(45,46)47)41(57)51-36(23(4)8-2)39(59)48-26-14-16-32(58-6)27(20-26)40(55)56/h9-12,14-16,20,22-24,35-36,49H,7-8,13,17-19,21H2,1-6H3,(H,48,59)(H,50,53)(H,51,57)(H,52,54)(H,55,56)/t22?,23?,24?,35-,36-,42+/m0/s1. The van der Waals surface area contributed by atoms with E-state index < -0.39 is 64.8 Å². The third-order valence-corrected chi connectivity index (χ3v) is 12.0. The summed E-state index contributed by atoms with van der Waals surface area (Å²) in [6.45, 7) is 9.15. The number of alkyl halides is 3. The summed E-state index contributed by atoms with van der Waals surface area (Å²) in [6.07, 6.45) is -2.75. The summed E-state index contributed by atoms with van der Waals surface area (Å²) < 4.78 is 62.5. The van der Waals surface area contributed by atoms with Gasteiger partial charge in [-0.15, -0.1) is 0 Å². The van der Waals surface area contributed by atoms with Crippen molar-refractivity contribution in [1.82, 2.24) is 20.9 Å². The molecular formula is C43H51F4N5O6S. The zero-order chi connectivity index (χ0) is 43.4. The molecule has 0 spiro atoms. The van der Waals surface area contributed by atoms with E-state index in [1.54, 1.807) is 19.1 Å². The maximum Gasteiger partial charge on any atom is 0.418 e. The summed E-state index contributed by atoms with van der Waals surface area (Å²) in [6, 6.07) is 8.18. The van der Waals surface area contributed by atoms with Gasteiger partial charge < -0.3 is 36.1 Å². The molecule has 6 atom stereocenters. The minimum absolute atomic E-state index is 0.0132. The minimum Gasteiger partial charge on any atom is -0.496 e. The fourth-order valence-corrected chi connectivity index (χ4v) is 8.25. The molecule has 2 aliphatic rings. The monoisotopic (exact) mass is 841 g/mol. The number of ether oxygens (including phenoxy) is 1. The third kappa shape index (κ3) is 9.80. The number of carboxylic acids is 1. The summed E-state index contributed by atoms with van der Waals surface area (Å²) in [4.78, 5) is 57.9. The van der Waals surface area contributed by atoms with Crippen molar-refractivity contribution in [1.29, 1.82) is 0 Å². The molecular weight excluding hydrogens is 791 g/mol. The van der Waals surface area contributed by atoms with Crippen molar-refractivity contribution < 1.29 is 46.6 Å². The first-order valence-corrected chi connectivity index (χ1v) is 20.1. The minimum atomic E-state index is -4.63. The smallest absolute Gasteiger partial charge is 0.418 e. The number of hydrogen-bond acceptors (Lipinski definition) is 6. The number of allylic oxidation sites excluding steroid dienone is 2. The molecule has 3 aromatic rings. The maximum absolute atomic E-state index is 15.0. The number of anilines is 1. The van der Waals surface area contributed by atoms with Crippen molar-refractivity contribution in [3.63, 3.8) is 0 Å². The summed E-state index contributed by atoms with van der Waals surface area (Å²) in [5.74, 6) is -4.67. The second-order valence-corrected chi connectivity index (χ2v) is 16.1. The predicted molar refractivity (Wildman–Crippen MR) is 220 cm³/mol. The molecule has 0 bridgehead atoms. The molecule has 16 heteroatoms. The van der Waals surface area contributed by atoms with Gasteiger partial charge in [0.25, 0.3) is 0 Å². The van der Waals surface area contributed by atoms with Crippen LogP contribution in [0.1, 0.15) is 105 Å². The van der Waals surface area contributed by atoms with E-state index in [0.717, 1.165) is 0 Å². The molecule has 1 heterocycles. The van der Waals surface area contributed by atoms with E-state index in [0.29, 0.717) is 35.3 Å². The number of aromatic carboxylic acids is 1. The second-order valence-electron chi connectivity index (χ2n) is 15.6. The zero-order valence-corrected chi connectivity index (χ0v) is 34.7. The van der Waals surface area contributed by atoms with Crippen LogP contribution >= 0.6 is 12.2 Å². The number of H-pyrrole nitrogens is 1. The van der Waals surface area contributed by atoms with Crippen LogP contribution in [0.15, 0.2) is 48.5 Å². The molecule has 318 valence electrons. The van der Waals surface area contributed by atoms with Gasteiger partial charge in [0.2, 0.25) is 17.7 Å². The fourth-order valence-electron chi connectivity index (χ4n) is 7.85. The van der Waals surface area contributed by atoms with Crippen LogP contribution in [0.5, 0.6) is 5.75 Å². The number of rotatable bonds is 15. The van der Waals surface area contributed by atoms with E-state index in [1.165, 1.54) is 43.5 Å². The number of halogens is 4. The molecule has 5 rings (SSSR count). The van der Waals surface area contributed by atoms with Crippen molar-refractivity contribution in [3.05, 3.63) is 88.0 Å². The molecule has 3 amide bonds. The van der Waals surface area contributed by atoms with Crippen LogP contribution in [0, 0.1) is 17.7 Å². The largest absolute Gasteiger partial charge is 0.496 e. The molecule has 0 fully saturated rings. The lowest BCUT2D eigenvalue weighted by Crippen LogP contribution is -2.67. The Bertz CT molecular complexity index is 2140. The van der Waals surface area contributed by atoms with Crippen LogP contribution in [0.3, 0.4) is 0 Å². The lowest BCUT2D eigenvalue weighted by atomic mass is 9.75. The number of fused-ring (bicyclic) bond motifs is 3. The number of carbonyl (C=O) groups excluding carboxylic acids is 3. The van der Waals surface area contributed by atoms with Gasteiger partial charge in [-0.1, -0.05) is 84.0 Å². The number of nitrogens with one attached hydrogen (secondary N) is 5. The zero-order valence-electron chi connectivity index (χ0n) is 33.9. The van der Waals surface area contributed by atoms with Gasteiger partial charge in [-0.25, -0.2) is 9.18 Å². The maximum atomic E-state index is 15.0. The van der Waals surface area contributed by atoms with Crippen LogP contribution in [0.4, 0.5) is 23.2 Å². The Kier molecular flexibility index (Phi) is 13.9. The highest BCUT2D eigenvalue weighted by atomic mass is 32.1. The molecule has 1 aromatic heterocycles.